The van der Waals surface area contributed by atoms with Crippen molar-refractivity contribution < 1.29 is 9.90 Å². The fourth-order valence-electron chi connectivity index (χ4n) is 2.89. The number of carboxylic acid groups (broad SMARTS) is 1. The lowest BCUT2D eigenvalue weighted by molar-refractivity contribution is -0.136. The van der Waals surface area contributed by atoms with Gasteiger partial charge in [-0.05, 0) is 26.7 Å². The first-order chi connectivity index (χ1) is 9.08. The summed E-state index contributed by atoms with van der Waals surface area (Å²) in [6.45, 7) is 3.79. The molecule has 0 radical (unpaired) electrons. The average Bonchev–Trinajstić information content (AvgIpc) is 2.62. The van der Waals surface area contributed by atoms with Gasteiger partial charge in [-0.1, -0.05) is 25.7 Å². The van der Waals surface area contributed by atoms with Crippen LogP contribution in [0.1, 0.15) is 67.2 Å². The van der Waals surface area contributed by atoms with Crippen LogP contribution < -0.4 is 0 Å². The standard InChI is InChI=1S/C15H22N2O2/c1-10-13(9-14(18)19)11(2)17-15(16-10)12-7-5-3-4-6-8-12/h12H,3-9H2,1-2H3,(H,18,19). The zero-order valence-corrected chi connectivity index (χ0v) is 11.8. The molecule has 4 heteroatoms. The molecule has 104 valence electrons. The Hall–Kier alpha value is -1.45. The van der Waals surface area contributed by atoms with E-state index in [1.54, 1.807) is 0 Å². The lowest BCUT2D eigenvalue weighted by atomic mass is 9.98. The summed E-state index contributed by atoms with van der Waals surface area (Å²) in [7, 11) is 0. The number of nitrogens with zero attached hydrogens (tertiary/aromatic N) is 2. The lowest BCUT2D eigenvalue weighted by Crippen LogP contribution is -2.12. The third kappa shape index (κ3) is 3.52. The van der Waals surface area contributed by atoms with Crippen molar-refractivity contribution in [3.8, 4) is 0 Å². The van der Waals surface area contributed by atoms with Gasteiger partial charge in [0, 0.05) is 22.9 Å². The average molecular weight is 262 g/mol. The second-order valence-electron chi connectivity index (χ2n) is 5.49. The molecule has 2 rings (SSSR count). The number of aromatic nitrogens is 2. The number of hydrogen-bond acceptors (Lipinski definition) is 3. The molecule has 1 N–H and O–H groups in total. The number of hydrogen-bond donors (Lipinski definition) is 1. The second kappa shape index (κ2) is 6.13. The molecule has 1 aliphatic carbocycles. The number of aryl methyl sites for hydroxylation is 2. The van der Waals surface area contributed by atoms with Crippen LogP contribution in [0.2, 0.25) is 0 Å². The first-order valence-electron chi connectivity index (χ1n) is 7.13. The number of carbonyl (C=O) groups is 1. The molecular weight excluding hydrogens is 240 g/mol. The third-order valence-corrected chi connectivity index (χ3v) is 3.99. The number of rotatable bonds is 3. The zero-order chi connectivity index (χ0) is 13.8. The zero-order valence-electron chi connectivity index (χ0n) is 11.8. The summed E-state index contributed by atoms with van der Waals surface area (Å²) in [5.74, 6) is 0.557. The molecule has 0 bridgehead atoms. The summed E-state index contributed by atoms with van der Waals surface area (Å²) >= 11 is 0. The Labute approximate surface area is 114 Å². The van der Waals surface area contributed by atoms with Crippen LogP contribution in [0.5, 0.6) is 0 Å². The van der Waals surface area contributed by atoms with Gasteiger partial charge in [-0.15, -0.1) is 0 Å². The SMILES string of the molecule is Cc1nc(C2CCCCCC2)nc(C)c1CC(=O)O. The van der Waals surface area contributed by atoms with E-state index in [-0.39, 0.29) is 6.42 Å². The van der Waals surface area contributed by atoms with Gasteiger partial charge in [0.05, 0.1) is 6.42 Å². The maximum Gasteiger partial charge on any atom is 0.307 e. The fraction of sp³-hybridized carbons (Fsp3) is 0.667. The molecule has 0 spiro atoms. The summed E-state index contributed by atoms with van der Waals surface area (Å²) in [5.41, 5.74) is 2.42. The third-order valence-electron chi connectivity index (χ3n) is 3.99. The van der Waals surface area contributed by atoms with Crippen molar-refractivity contribution in [3.05, 3.63) is 22.8 Å². The summed E-state index contributed by atoms with van der Waals surface area (Å²) in [4.78, 5) is 20.0. The van der Waals surface area contributed by atoms with E-state index in [0.29, 0.717) is 5.92 Å². The molecule has 19 heavy (non-hydrogen) atoms. The minimum atomic E-state index is -0.822. The Morgan fingerprint density at radius 1 is 1.11 bits per heavy atom. The van der Waals surface area contributed by atoms with Gasteiger partial charge in [-0.2, -0.15) is 0 Å². The van der Waals surface area contributed by atoms with Crippen molar-refractivity contribution in [3.63, 3.8) is 0 Å². The first kappa shape index (κ1) is 14.0. The largest absolute Gasteiger partial charge is 0.481 e. The van der Waals surface area contributed by atoms with Crippen molar-refractivity contribution in [1.82, 2.24) is 9.97 Å². The quantitative estimate of drug-likeness (QED) is 0.850. The van der Waals surface area contributed by atoms with Crippen LogP contribution in [0, 0.1) is 13.8 Å². The van der Waals surface area contributed by atoms with Crippen molar-refractivity contribution in [2.45, 2.75) is 64.7 Å². The molecule has 0 atom stereocenters. The maximum absolute atomic E-state index is 10.8. The van der Waals surface area contributed by atoms with Gasteiger partial charge in [0.1, 0.15) is 5.82 Å². The van der Waals surface area contributed by atoms with Gasteiger partial charge < -0.3 is 5.11 Å². The Balaban J connectivity index is 2.25. The van der Waals surface area contributed by atoms with Crippen LogP contribution >= 0.6 is 0 Å². The van der Waals surface area contributed by atoms with E-state index >= 15 is 0 Å². The fourth-order valence-corrected chi connectivity index (χ4v) is 2.89. The number of carboxylic acids is 1. The van der Waals surface area contributed by atoms with Crippen molar-refractivity contribution >= 4 is 5.97 Å². The van der Waals surface area contributed by atoms with Crippen molar-refractivity contribution in [2.75, 3.05) is 0 Å². The highest BCUT2D eigenvalue weighted by atomic mass is 16.4. The highest BCUT2D eigenvalue weighted by Crippen LogP contribution is 2.30. The molecule has 1 aromatic rings. The molecule has 1 saturated carbocycles. The summed E-state index contributed by atoms with van der Waals surface area (Å²) in [6.07, 6.45) is 7.47. The molecular formula is C15H22N2O2. The Kier molecular flexibility index (Phi) is 4.51. The Morgan fingerprint density at radius 2 is 1.63 bits per heavy atom. The first-order valence-corrected chi connectivity index (χ1v) is 7.13. The van der Waals surface area contributed by atoms with E-state index in [9.17, 15) is 4.79 Å². The van der Waals surface area contributed by atoms with E-state index in [0.717, 1.165) is 35.6 Å². The molecule has 1 heterocycles. The molecule has 0 saturated heterocycles. The van der Waals surface area contributed by atoms with Crippen LogP contribution in [0.3, 0.4) is 0 Å². The van der Waals surface area contributed by atoms with E-state index in [1.165, 1.54) is 25.7 Å². The van der Waals surface area contributed by atoms with Crippen LogP contribution in [0.4, 0.5) is 0 Å². The van der Waals surface area contributed by atoms with Crippen LogP contribution in [0.25, 0.3) is 0 Å². The lowest BCUT2D eigenvalue weighted by Gasteiger charge is -2.16. The van der Waals surface area contributed by atoms with E-state index < -0.39 is 5.97 Å². The van der Waals surface area contributed by atoms with Crippen molar-refractivity contribution in [2.24, 2.45) is 0 Å². The van der Waals surface area contributed by atoms with Crippen LogP contribution in [-0.4, -0.2) is 21.0 Å². The second-order valence-corrected chi connectivity index (χ2v) is 5.49. The van der Waals surface area contributed by atoms with E-state index in [4.69, 9.17) is 5.11 Å². The molecule has 4 nitrogen and oxygen atoms in total. The number of aliphatic carboxylic acids is 1. The minimum Gasteiger partial charge on any atom is -0.481 e. The molecule has 1 fully saturated rings. The maximum atomic E-state index is 10.8. The molecule has 1 aromatic heterocycles. The van der Waals surface area contributed by atoms with Gasteiger partial charge in [0.2, 0.25) is 0 Å². The van der Waals surface area contributed by atoms with Gasteiger partial charge in [0.25, 0.3) is 0 Å². The van der Waals surface area contributed by atoms with Gasteiger partial charge >= 0.3 is 5.97 Å². The van der Waals surface area contributed by atoms with Crippen molar-refractivity contribution in [1.29, 1.82) is 0 Å². The summed E-state index contributed by atoms with van der Waals surface area (Å²) in [6, 6.07) is 0. The molecule has 0 aromatic carbocycles. The predicted octanol–water partition coefficient (Wildman–Crippen LogP) is 3.16. The molecule has 0 aliphatic heterocycles. The topological polar surface area (TPSA) is 63.1 Å². The van der Waals surface area contributed by atoms with Gasteiger partial charge in [-0.3, -0.25) is 4.79 Å². The Morgan fingerprint density at radius 3 is 2.11 bits per heavy atom. The summed E-state index contributed by atoms with van der Waals surface area (Å²) < 4.78 is 0. The van der Waals surface area contributed by atoms with Gasteiger partial charge in [0.15, 0.2) is 0 Å². The van der Waals surface area contributed by atoms with Gasteiger partial charge in [-0.25, -0.2) is 9.97 Å². The predicted molar refractivity (Wildman–Crippen MR) is 73.3 cm³/mol. The van der Waals surface area contributed by atoms with Crippen LogP contribution in [0.15, 0.2) is 0 Å². The molecule has 1 aliphatic rings. The summed E-state index contributed by atoms with van der Waals surface area (Å²) in [5, 5.41) is 8.92. The Bertz CT molecular complexity index is 440. The van der Waals surface area contributed by atoms with Crippen LogP contribution in [-0.2, 0) is 11.2 Å². The van der Waals surface area contributed by atoms with E-state index in [1.807, 2.05) is 13.8 Å². The van der Waals surface area contributed by atoms with E-state index in [2.05, 4.69) is 9.97 Å². The highest BCUT2D eigenvalue weighted by molar-refractivity contribution is 5.70. The smallest absolute Gasteiger partial charge is 0.307 e. The normalized spacial score (nSPS) is 17.2. The molecule has 0 amide bonds. The molecule has 0 unspecified atom stereocenters. The highest BCUT2D eigenvalue weighted by Gasteiger charge is 2.19. The minimum absolute atomic E-state index is 0.0165. The monoisotopic (exact) mass is 262 g/mol.